The number of carbonyl (C=O) groups excluding carboxylic acids is 1. The van der Waals surface area contributed by atoms with E-state index in [0.717, 1.165) is 18.0 Å². The summed E-state index contributed by atoms with van der Waals surface area (Å²) >= 11 is 0. The van der Waals surface area contributed by atoms with Crippen LogP contribution in [0.5, 0.6) is 5.75 Å². The quantitative estimate of drug-likeness (QED) is 0.630. The lowest BCUT2D eigenvalue weighted by Crippen LogP contribution is -2.27. The number of nitro benzene ring substituents is 1. The number of rotatable bonds is 5. The third-order valence-electron chi connectivity index (χ3n) is 2.98. The Bertz CT molecular complexity index is 681. The van der Waals surface area contributed by atoms with Gasteiger partial charge in [0.2, 0.25) is 0 Å². The maximum Gasteiger partial charge on any atom is 0.282 e. The number of hydrogen-bond acceptors (Lipinski definition) is 5. The largest absolute Gasteiger partial charge is 0.508 e. The fraction of sp³-hybridized carbons (Fsp3) is 0.231. The van der Waals surface area contributed by atoms with Gasteiger partial charge in [0.25, 0.3) is 11.6 Å². The first-order valence-corrected chi connectivity index (χ1v) is 6.21. The molecule has 0 spiro atoms. The molecule has 0 atom stereocenters. The van der Waals surface area contributed by atoms with Gasteiger partial charge in [-0.15, -0.1) is 0 Å². The summed E-state index contributed by atoms with van der Waals surface area (Å²) in [6.07, 6.45) is 3.94. The molecule has 0 aliphatic rings. The molecule has 0 radical (unpaired) electrons. The molecule has 0 aliphatic heterocycles. The Kier molecular flexibility index (Phi) is 4.17. The maximum atomic E-state index is 12.0. The molecular formula is C13H14N4O4. The van der Waals surface area contributed by atoms with E-state index in [4.69, 9.17) is 0 Å². The first kappa shape index (κ1) is 14.5. The van der Waals surface area contributed by atoms with Crippen molar-refractivity contribution in [3.63, 3.8) is 0 Å². The second kappa shape index (κ2) is 6.04. The van der Waals surface area contributed by atoms with Gasteiger partial charge >= 0.3 is 0 Å². The molecule has 2 aromatic rings. The van der Waals surface area contributed by atoms with Crippen LogP contribution < -0.4 is 5.32 Å². The van der Waals surface area contributed by atoms with E-state index < -0.39 is 10.8 Å². The lowest BCUT2D eigenvalue weighted by atomic mass is 10.1. The molecule has 0 bridgehead atoms. The van der Waals surface area contributed by atoms with Gasteiger partial charge in [0.05, 0.1) is 4.92 Å². The topological polar surface area (TPSA) is 110 Å². The SMILES string of the molecule is Cn1ccnc1CCNC(=O)c1cc(O)ccc1[N+](=O)[O-]. The number of carbonyl (C=O) groups is 1. The third kappa shape index (κ3) is 3.35. The molecule has 8 nitrogen and oxygen atoms in total. The van der Waals surface area contributed by atoms with Gasteiger partial charge in [-0.1, -0.05) is 0 Å². The number of nitro groups is 1. The van der Waals surface area contributed by atoms with Crippen molar-refractivity contribution in [3.8, 4) is 5.75 Å². The zero-order chi connectivity index (χ0) is 15.4. The molecule has 2 rings (SSSR count). The average molecular weight is 290 g/mol. The Morgan fingerprint density at radius 2 is 2.29 bits per heavy atom. The van der Waals surface area contributed by atoms with E-state index in [1.807, 2.05) is 11.6 Å². The Morgan fingerprint density at radius 3 is 2.90 bits per heavy atom. The van der Waals surface area contributed by atoms with Crippen LogP contribution in [0.1, 0.15) is 16.2 Å². The van der Waals surface area contributed by atoms with Crippen LogP contribution in [-0.4, -0.2) is 32.0 Å². The lowest BCUT2D eigenvalue weighted by Gasteiger charge is -2.06. The highest BCUT2D eigenvalue weighted by Gasteiger charge is 2.20. The van der Waals surface area contributed by atoms with Crippen molar-refractivity contribution in [1.29, 1.82) is 0 Å². The van der Waals surface area contributed by atoms with E-state index >= 15 is 0 Å². The van der Waals surface area contributed by atoms with Crippen LogP contribution >= 0.6 is 0 Å². The number of benzene rings is 1. The Morgan fingerprint density at radius 1 is 1.52 bits per heavy atom. The molecule has 1 aromatic heterocycles. The number of nitrogens with one attached hydrogen (secondary N) is 1. The van der Waals surface area contributed by atoms with Gasteiger partial charge in [-0.05, 0) is 12.1 Å². The Balaban J connectivity index is 2.05. The minimum atomic E-state index is -0.660. The summed E-state index contributed by atoms with van der Waals surface area (Å²) in [5.41, 5.74) is -0.512. The molecule has 0 saturated carbocycles. The lowest BCUT2D eigenvalue weighted by molar-refractivity contribution is -0.385. The van der Waals surface area contributed by atoms with Gasteiger partial charge in [-0.3, -0.25) is 14.9 Å². The number of amides is 1. The van der Waals surface area contributed by atoms with Crippen LogP contribution in [0.15, 0.2) is 30.6 Å². The second-order valence-electron chi connectivity index (χ2n) is 4.42. The molecule has 2 N–H and O–H groups in total. The molecule has 1 heterocycles. The third-order valence-corrected chi connectivity index (χ3v) is 2.98. The van der Waals surface area contributed by atoms with Crippen LogP contribution in [-0.2, 0) is 13.5 Å². The zero-order valence-corrected chi connectivity index (χ0v) is 11.3. The molecule has 0 unspecified atom stereocenters. The molecule has 1 aromatic carbocycles. The van der Waals surface area contributed by atoms with Gasteiger partial charge in [0, 0.05) is 38.5 Å². The number of phenols is 1. The Labute approximate surface area is 120 Å². The van der Waals surface area contributed by atoms with E-state index in [0.29, 0.717) is 6.42 Å². The van der Waals surface area contributed by atoms with E-state index in [2.05, 4.69) is 10.3 Å². The molecule has 21 heavy (non-hydrogen) atoms. The summed E-state index contributed by atoms with van der Waals surface area (Å²) in [5, 5.41) is 22.8. The van der Waals surface area contributed by atoms with E-state index in [1.165, 1.54) is 6.07 Å². The van der Waals surface area contributed by atoms with Gasteiger partial charge in [0.15, 0.2) is 0 Å². The molecule has 0 saturated heterocycles. The number of aromatic nitrogens is 2. The molecule has 1 amide bonds. The van der Waals surface area contributed by atoms with E-state index in [1.54, 1.807) is 12.4 Å². The van der Waals surface area contributed by atoms with Gasteiger partial charge in [-0.25, -0.2) is 4.98 Å². The number of nitrogens with zero attached hydrogens (tertiary/aromatic N) is 3. The normalized spacial score (nSPS) is 10.3. The van der Waals surface area contributed by atoms with Crippen LogP contribution in [0.4, 0.5) is 5.69 Å². The molecule has 0 fully saturated rings. The highest BCUT2D eigenvalue weighted by molar-refractivity contribution is 5.98. The molecule has 8 heteroatoms. The van der Waals surface area contributed by atoms with Crippen molar-refractivity contribution in [2.45, 2.75) is 6.42 Å². The number of hydrogen-bond donors (Lipinski definition) is 2. The summed E-state index contributed by atoms with van der Waals surface area (Å²) < 4.78 is 1.82. The predicted molar refractivity (Wildman–Crippen MR) is 74.0 cm³/mol. The zero-order valence-electron chi connectivity index (χ0n) is 11.3. The van der Waals surface area contributed by atoms with E-state index in [-0.39, 0.29) is 23.5 Å². The molecule has 110 valence electrons. The van der Waals surface area contributed by atoms with Gasteiger partial charge in [0.1, 0.15) is 17.1 Å². The van der Waals surface area contributed by atoms with Gasteiger partial charge in [-0.2, -0.15) is 0 Å². The second-order valence-corrected chi connectivity index (χ2v) is 4.42. The summed E-state index contributed by atoms with van der Waals surface area (Å²) in [6.45, 7) is 0.288. The first-order valence-electron chi connectivity index (χ1n) is 6.21. The van der Waals surface area contributed by atoms with Crippen molar-refractivity contribution in [2.24, 2.45) is 7.05 Å². The summed E-state index contributed by atoms with van der Waals surface area (Å²) in [7, 11) is 1.84. The molecular weight excluding hydrogens is 276 g/mol. The standard InChI is InChI=1S/C13H14N4O4/c1-16-7-6-14-12(16)4-5-15-13(19)10-8-9(18)2-3-11(10)17(20)21/h2-3,6-8,18H,4-5H2,1H3,(H,15,19). The highest BCUT2D eigenvalue weighted by atomic mass is 16.6. The average Bonchev–Trinajstić information content (AvgIpc) is 2.84. The van der Waals surface area contributed by atoms with Crippen LogP contribution in [0, 0.1) is 10.1 Å². The van der Waals surface area contributed by atoms with Gasteiger partial charge < -0.3 is 15.0 Å². The first-order chi connectivity index (χ1) is 9.99. The summed E-state index contributed by atoms with van der Waals surface area (Å²) in [6, 6.07) is 3.35. The summed E-state index contributed by atoms with van der Waals surface area (Å²) in [4.78, 5) is 26.3. The number of phenolic OH excluding ortho intramolecular Hbond substituents is 1. The maximum absolute atomic E-state index is 12.0. The fourth-order valence-corrected chi connectivity index (χ4v) is 1.89. The van der Waals surface area contributed by atoms with Crippen LogP contribution in [0.25, 0.3) is 0 Å². The summed E-state index contributed by atoms with van der Waals surface area (Å²) in [5.74, 6) is -0.0117. The van der Waals surface area contributed by atoms with Crippen molar-refractivity contribution in [3.05, 3.63) is 52.1 Å². The predicted octanol–water partition coefficient (Wildman–Crippen LogP) is 1.01. The smallest absolute Gasteiger partial charge is 0.282 e. The van der Waals surface area contributed by atoms with Crippen LogP contribution in [0.2, 0.25) is 0 Å². The monoisotopic (exact) mass is 290 g/mol. The van der Waals surface area contributed by atoms with E-state index in [9.17, 15) is 20.0 Å². The number of aryl methyl sites for hydroxylation is 1. The number of imidazole rings is 1. The number of aromatic hydroxyl groups is 1. The van der Waals surface area contributed by atoms with Crippen molar-refractivity contribution in [1.82, 2.24) is 14.9 Å². The van der Waals surface area contributed by atoms with Crippen molar-refractivity contribution >= 4 is 11.6 Å². The Hall–Kier alpha value is -2.90. The minimum absolute atomic E-state index is 0.167. The minimum Gasteiger partial charge on any atom is -0.508 e. The van der Waals surface area contributed by atoms with Crippen LogP contribution in [0.3, 0.4) is 0 Å². The highest BCUT2D eigenvalue weighted by Crippen LogP contribution is 2.23. The van der Waals surface area contributed by atoms with Crippen molar-refractivity contribution in [2.75, 3.05) is 6.54 Å². The van der Waals surface area contributed by atoms with Crippen molar-refractivity contribution < 1.29 is 14.8 Å². The molecule has 0 aliphatic carbocycles. The fourth-order valence-electron chi connectivity index (χ4n) is 1.89.